The van der Waals surface area contributed by atoms with Gasteiger partial charge in [-0.3, -0.25) is 0 Å². The van der Waals surface area contributed by atoms with Crippen molar-refractivity contribution in [2.24, 2.45) is 0 Å². The van der Waals surface area contributed by atoms with Gasteiger partial charge in [0.15, 0.2) is 6.10 Å². The molecule has 0 spiro atoms. The second-order valence-corrected chi connectivity index (χ2v) is 7.65. The maximum atomic E-state index is 12.3. The summed E-state index contributed by atoms with van der Waals surface area (Å²) in [5.41, 5.74) is 0.399. The first-order chi connectivity index (χ1) is 16.4. The lowest BCUT2D eigenvalue weighted by atomic mass is 10.2. The SMILES string of the molecule is CC/C=C/COC(=O)[C@@H](C)OC(=O)c1ccc(N2CCN(c3ccc(C(=O)O)cn3)CC2)nc1. The van der Waals surface area contributed by atoms with Crippen LogP contribution in [0.5, 0.6) is 0 Å². The summed E-state index contributed by atoms with van der Waals surface area (Å²) >= 11 is 0. The van der Waals surface area contributed by atoms with Gasteiger partial charge in [-0.25, -0.2) is 24.4 Å². The fourth-order valence-corrected chi connectivity index (χ4v) is 3.32. The van der Waals surface area contributed by atoms with Crippen molar-refractivity contribution >= 4 is 29.5 Å². The van der Waals surface area contributed by atoms with Crippen molar-refractivity contribution in [3.8, 4) is 0 Å². The number of carboxylic acid groups (broad SMARTS) is 1. The van der Waals surface area contributed by atoms with Gasteiger partial charge in [0.2, 0.25) is 0 Å². The Kier molecular flexibility index (Phi) is 8.55. The third kappa shape index (κ3) is 6.53. The van der Waals surface area contributed by atoms with Gasteiger partial charge < -0.3 is 24.4 Å². The molecule has 0 unspecified atom stereocenters. The number of aromatic nitrogens is 2. The Morgan fingerprint density at radius 1 is 0.971 bits per heavy atom. The van der Waals surface area contributed by atoms with Crippen molar-refractivity contribution in [1.29, 1.82) is 0 Å². The van der Waals surface area contributed by atoms with Crippen LogP contribution in [0.4, 0.5) is 11.6 Å². The van der Waals surface area contributed by atoms with Crippen LogP contribution in [0.2, 0.25) is 0 Å². The molecule has 1 N–H and O–H groups in total. The molecule has 0 saturated carbocycles. The number of piperazine rings is 1. The summed E-state index contributed by atoms with van der Waals surface area (Å²) < 4.78 is 10.2. The molecule has 0 radical (unpaired) electrons. The van der Waals surface area contributed by atoms with Gasteiger partial charge in [0.1, 0.15) is 18.2 Å². The topological polar surface area (TPSA) is 122 Å². The lowest BCUT2D eigenvalue weighted by Crippen LogP contribution is -2.47. The first-order valence-electron chi connectivity index (χ1n) is 11.1. The van der Waals surface area contributed by atoms with Crippen molar-refractivity contribution in [2.45, 2.75) is 26.4 Å². The van der Waals surface area contributed by atoms with E-state index in [2.05, 4.69) is 19.8 Å². The van der Waals surface area contributed by atoms with E-state index in [1.54, 1.807) is 30.3 Å². The molecule has 1 fully saturated rings. The summed E-state index contributed by atoms with van der Waals surface area (Å²) in [6.45, 7) is 6.35. The van der Waals surface area contributed by atoms with E-state index >= 15 is 0 Å². The zero-order chi connectivity index (χ0) is 24.5. The average Bonchev–Trinajstić information content (AvgIpc) is 2.86. The summed E-state index contributed by atoms with van der Waals surface area (Å²) in [5, 5.41) is 9.00. The van der Waals surface area contributed by atoms with E-state index in [4.69, 9.17) is 14.6 Å². The number of aromatic carboxylic acids is 1. The highest BCUT2D eigenvalue weighted by atomic mass is 16.6. The molecule has 3 heterocycles. The Morgan fingerprint density at radius 3 is 2.00 bits per heavy atom. The van der Waals surface area contributed by atoms with Crippen LogP contribution in [0.3, 0.4) is 0 Å². The van der Waals surface area contributed by atoms with Crippen LogP contribution in [-0.4, -0.2) is 71.9 Å². The first kappa shape index (κ1) is 24.7. The van der Waals surface area contributed by atoms with Crippen LogP contribution in [0.15, 0.2) is 48.8 Å². The molecular formula is C24H28N4O6. The number of carbonyl (C=O) groups excluding carboxylic acids is 2. The minimum atomic E-state index is -1.02. The second-order valence-electron chi connectivity index (χ2n) is 7.65. The van der Waals surface area contributed by atoms with Crippen molar-refractivity contribution in [1.82, 2.24) is 9.97 Å². The molecule has 10 heteroatoms. The summed E-state index contributed by atoms with van der Waals surface area (Å²) in [6.07, 6.45) is 6.23. The van der Waals surface area contributed by atoms with Crippen LogP contribution in [-0.2, 0) is 14.3 Å². The first-order valence-corrected chi connectivity index (χ1v) is 11.1. The third-order valence-electron chi connectivity index (χ3n) is 5.25. The molecule has 0 bridgehead atoms. The molecule has 1 aliphatic rings. The van der Waals surface area contributed by atoms with Gasteiger partial charge in [-0.05, 0) is 37.6 Å². The number of hydrogen-bond donors (Lipinski definition) is 1. The van der Waals surface area contributed by atoms with E-state index in [0.29, 0.717) is 26.2 Å². The molecule has 0 amide bonds. The number of pyridine rings is 2. The average molecular weight is 469 g/mol. The van der Waals surface area contributed by atoms with E-state index in [-0.39, 0.29) is 17.7 Å². The van der Waals surface area contributed by atoms with Gasteiger partial charge in [-0.1, -0.05) is 19.1 Å². The molecule has 2 aromatic heterocycles. The maximum Gasteiger partial charge on any atom is 0.347 e. The number of allylic oxidation sites excluding steroid dienone is 1. The molecule has 1 aliphatic heterocycles. The zero-order valence-corrected chi connectivity index (χ0v) is 19.2. The Bertz CT molecular complexity index is 1010. The molecular weight excluding hydrogens is 440 g/mol. The van der Waals surface area contributed by atoms with Crippen LogP contribution in [0.25, 0.3) is 0 Å². The number of anilines is 2. The van der Waals surface area contributed by atoms with Gasteiger partial charge in [0.05, 0.1) is 11.1 Å². The third-order valence-corrected chi connectivity index (χ3v) is 5.25. The van der Waals surface area contributed by atoms with Gasteiger partial charge >= 0.3 is 17.9 Å². The van der Waals surface area contributed by atoms with Crippen molar-refractivity contribution in [3.63, 3.8) is 0 Å². The van der Waals surface area contributed by atoms with E-state index in [1.165, 1.54) is 19.3 Å². The van der Waals surface area contributed by atoms with E-state index in [1.807, 2.05) is 13.0 Å². The number of ether oxygens (including phenoxy) is 2. The highest BCUT2D eigenvalue weighted by Gasteiger charge is 2.22. The normalized spacial score (nSPS) is 14.6. The number of hydrogen-bond acceptors (Lipinski definition) is 9. The highest BCUT2D eigenvalue weighted by Crippen LogP contribution is 2.18. The van der Waals surface area contributed by atoms with E-state index < -0.39 is 24.0 Å². The van der Waals surface area contributed by atoms with Gasteiger partial charge in [-0.15, -0.1) is 0 Å². The van der Waals surface area contributed by atoms with Crippen LogP contribution in [0, 0.1) is 0 Å². The fourth-order valence-electron chi connectivity index (χ4n) is 3.32. The van der Waals surface area contributed by atoms with Crippen LogP contribution in [0.1, 0.15) is 41.0 Å². The molecule has 180 valence electrons. The maximum absolute atomic E-state index is 12.3. The number of nitrogens with zero attached hydrogens (tertiary/aromatic N) is 4. The predicted molar refractivity (Wildman–Crippen MR) is 125 cm³/mol. The smallest absolute Gasteiger partial charge is 0.347 e. The monoisotopic (exact) mass is 468 g/mol. The number of rotatable bonds is 9. The van der Waals surface area contributed by atoms with Gasteiger partial charge in [-0.2, -0.15) is 0 Å². The van der Waals surface area contributed by atoms with Crippen molar-refractivity contribution in [2.75, 3.05) is 42.6 Å². The quantitative estimate of drug-likeness (QED) is 0.434. The van der Waals surface area contributed by atoms with Gasteiger partial charge in [0.25, 0.3) is 0 Å². The minimum Gasteiger partial charge on any atom is -0.478 e. The Hall–Kier alpha value is -3.95. The summed E-state index contributed by atoms with van der Waals surface area (Å²) in [5.74, 6) is -0.807. The fraction of sp³-hybridized carbons (Fsp3) is 0.375. The summed E-state index contributed by atoms with van der Waals surface area (Å²) in [7, 11) is 0. The Morgan fingerprint density at radius 2 is 1.53 bits per heavy atom. The van der Waals surface area contributed by atoms with Crippen LogP contribution >= 0.6 is 0 Å². The molecule has 3 rings (SSSR count). The Balaban J connectivity index is 1.49. The molecule has 10 nitrogen and oxygen atoms in total. The van der Waals surface area contributed by atoms with Crippen molar-refractivity contribution in [3.05, 3.63) is 59.9 Å². The zero-order valence-electron chi connectivity index (χ0n) is 19.2. The molecule has 2 aromatic rings. The molecule has 0 aliphatic carbocycles. The lowest BCUT2D eigenvalue weighted by Gasteiger charge is -2.36. The number of carbonyl (C=O) groups is 3. The van der Waals surface area contributed by atoms with E-state index in [9.17, 15) is 14.4 Å². The predicted octanol–water partition coefficient (Wildman–Crippen LogP) is 2.56. The molecule has 1 atom stereocenters. The summed E-state index contributed by atoms with van der Waals surface area (Å²) in [6, 6.07) is 6.60. The molecule has 0 aromatic carbocycles. The van der Waals surface area contributed by atoms with Gasteiger partial charge in [0, 0.05) is 38.6 Å². The second kappa shape index (κ2) is 11.8. The van der Waals surface area contributed by atoms with Crippen LogP contribution < -0.4 is 9.80 Å². The summed E-state index contributed by atoms with van der Waals surface area (Å²) in [4.78, 5) is 48.0. The number of esters is 2. The largest absolute Gasteiger partial charge is 0.478 e. The number of carboxylic acids is 1. The lowest BCUT2D eigenvalue weighted by molar-refractivity contribution is -0.151. The van der Waals surface area contributed by atoms with Crippen molar-refractivity contribution < 1.29 is 29.0 Å². The van der Waals surface area contributed by atoms with E-state index in [0.717, 1.165) is 18.1 Å². The standard InChI is InChI=1S/C24H28N4O6/c1-3-4-5-14-33-23(31)17(2)34-24(32)19-7-9-21(26-16-19)28-12-10-27(11-13-28)20-8-6-18(15-25-20)22(29)30/h4-9,15-17H,3,10-14H2,1-2H3,(H,29,30)/b5-4+/t17-/m1/s1. The molecule has 34 heavy (non-hydrogen) atoms. The molecule has 1 saturated heterocycles. The Labute approximate surface area is 197 Å². The highest BCUT2D eigenvalue weighted by molar-refractivity contribution is 5.91. The minimum absolute atomic E-state index is 0.141.